The highest BCUT2D eigenvalue weighted by atomic mass is 16.7. The zero-order valence-corrected chi connectivity index (χ0v) is 19.6. The van der Waals surface area contributed by atoms with Crippen LogP contribution < -0.4 is 0 Å². The lowest BCUT2D eigenvalue weighted by Gasteiger charge is -2.32. The zero-order valence-electron chi connectivity index (χ0n) is 19.6. The van der Waals surface area contributed by atoms with Crippen molar-refractivity contribution in [2.45, 2.75) is 78.1 Å². The number of rotatable bonds is 8. The predicted molar refractivity (Wildman–Crippen MR) is 124 cm³/mol. The van der Waals surface area contributed by atoms with Gasteiger partial charge in [0.05, 0.1) is 0 Å². The van der Waals surface area contributed by atoms with Crippen LogP contribution in [0.25, 0.3) is 0 Å². The van der Waals surface area contributed by atoms with Crippen LogP contribution in [0, 0.1) is 5.92 Å². The summed E-state index contributed by atoms with van der Waals surface area (Å²) in [5.74, 6) is -2.99. The third kappa shape index (κ3) is 5.13. The van der Waals surface area contributed by atoms with E-state index in [1.54, 1.807) is 0 Å². The minimum Gasteiger partial charge on any atom is -0.507 e. The number of phenolic OH excluding ortho intramolecular Hbond substituents is 2. The molecule has 2 aliphatic rings. The number of phenols is 2. The van der Waals surface area contributed by atoms with Crippen molar-refractivity contribution < 1.29 is 29.4 Å². The van der Waals surface area contributed by atoms with Crippen molar-refractivity contribution in [1.29, 1.82) is 0 Å². The number of hydroxylamine groups is 2. The standard InChI is InChI=1S/C26H33NO6/c1-5-6-7-8-17-14-20(28)24(19-13-16(4)9-10-18(19)15(2)3)25(31)23(17)26(32)33-27-21(29)11-12-22(27)30/h13-14,18-19,28,31H,2,5-12H2,1,3-4H3/t18-,19?/m0/s1. The number of amides is 2. The molecule has 33 heavy (non-hydrogen) atoms. The molecule has 2 atom stereocenters. The summed E-state index contributed by atoms with van der Waals surface area (Å²) < 4.78 is 0. The van der Waals surface area contributed by atoms with Gasteiger partial charge in [0.2, 0.25) is 0 Å². The van der Waals surface area contributed by atoms with Crippen LogP contribution in [0.2, 0.25) is 0 Å². The number of hydrogen-bond acceptors (Lipinski definition) is 6. The van der Waals surface area contributed by atoms with Gasteiger partial charge in [-0.3, -0.25) is 9.59 Å². The molecular formula is C26H33NO6. The van der Waals surface area contributed by atoms with Crippen LogP contribution >= 0.6 is 0 Å². The maximum atomic E-state index is 13.1. The van der Waals surface area contributed by atoms with Gasteiger partial charge in [-0.25, -0.2) is 4.79 Å². The monoisotopic (exact) mass is 455 g/mol. The molecule has 2 N–H and O–H groups in total. The minimum atomic E-state index is -0.979. The summed E-state index contributed by atoms with van der Waals surface area (Å²) in [5, 5.41) is 22.7. The van der Waals surface area contributed by atoms with Crippen LogP contribution in [-0.2, 0) is 20.8 Å². The first kappa shape index (κ1) is 24.6. The van der Waals surface area contributed by atoms with Crippen molar-refractivity contribution >= 4 is 17.8 Å². The van der Waals surface area contributed by atoms with Crippen LogP contribution in [-0.4, -0.2) is 33.1 Å². The first-order valence-corrected chi connectivity index (χ1v) is 11.6. The highest BCUT2D eigenvalue weighted by Crippen LogP contribution is 2.48. The fourth-order valence-electron chi connectivity index (χ4n) is 4.73. The van der Waals surface area contributed by atoms with E-state index < -0.39 is 17.8 Å². The van der Waals surface area contributed by atoms with E-state index in [-0.39, 0.29) is 47.3 Å². The second-order valence-electron chi connectivity index (χ2n) is 9.14. The minimum absolute atomic E-state index is 0.0120. The number of carbonyl (C=O) groups is 3. The summed E-state index contributed by atoms with van der Waals surface area (Å²) in [7, 11) is 0. The summed E-state index contributed by atoms with van der Waals surface area (Å²) in [6, 6.07) is 1.50. The Kier molecular flexibility index (Phi) is 7.61. The molecule has 0 saturated carbocycles. The molecule has 1 aromatic rings. The molecular weight excluding hydrogens is 422 g/mol. The molecule has 1 unspecified atom stereocenters. The highest BCUT2D eigenvalue weighted by Gasteiger charge is 2.37. The Hall–Kier alpha value is -3.09. The quantitative estimate of drug-likeness (QED) is 0.322. The van der Waals surface area contributed by atoms with Crippen LogP contribution in [0.4, 0.5) is 0 Å². The normalized spacial score (nSPS) is 20.7. The number of nitrogens with zero attached hydrogens (tertiary/aromatic N) is 1. The van der Waals surface area contributed by atoms with E-state index in [0.717, 1.165) is 43.3 Å². The molecule has 1 saturated heterocycles. The number of carbonyl (C=O) groups excluding carboxylic acids is 3. The second-order valence-corrected chi connectivity index (χ2v) is 9.14. The van der Waals surface area contributed by atoms with Crippen molar-refractivity contribution in [3.8, 4) is 11.5 Å². The Morgan fingerprint density at radius 1 is 1.18 bits per heavy atom. The van der Waals surface area contributed by atoms with Crippen LogP contribution in [0.3, 0.4) is 0 Å². The van der Waals surface area contributed by atoms with E-state index in [4.69, 9.17) is 4.84 Å². The average Bonchev–Trinajstić information content (AvgIpc) is 3.05. The lowest BCUT2D eigenvalue weighted by atomic mass is 9.73. The topological polar surface area (TPSA) is 104 Å². The average molecular weight is 456 g/mol. The summed E-state index contributed by atoms with van der Waals surface area (Å²) in [5.41, 5.74) is 2.61. The fourth-order valence-corrected chi connectivity index (χ4v) is 4.73. The van der Waals surface area contributed by atoms with E-state index in [1.165, 1.54) is 6.07 Å². The number of benzene rings is 1. The first-order valence-electron chi connectivity index (χ1n) is 11.6. The maximum absolute atomic E-state index is 13.1. The van der Waals surface area contributed by atoms with Crippen molar-refractivity contribution in [1.82, 2.24) is 5.06 Å². The number of hydrogen-bond donors (Lipinski definition) is 2. The Labute approximate surface area is 194 Å². The first-order chi connectivity index (χ1) is 15.6. The lowest BCUT2D eigenvalue weighted by molar-refractivity contribution is -0.172. The molecule has 1 fully saturated rings. The number of unbranched alkanes of at least 4 members (excludes halogenated alkanes) is 2. The Morgan fingerprint density at radius 3 is 2.45 bits per heavy atom. The molecule has 1 heterocycles. The van der Waals surface area contributed by atoms with Gasteiger partial charge in [-0.15, -0.1) is 5.06 Å². The molecule has 0 aromatic heterocycles. The van der Waals surface area contributed by atoms with E-state index in [9.17, 15) is 24.6 Å². The van der Waals surface area contributed by atoms with Gasteiger partial charge in [0.15, 0.2) is 0 Å². The molecule has 7 nitrogen and oxygen atoms in total. The molecule has 1 aromatic carbocycles. The predicted octanol–water partition coefficient (Wildman–Crippen LogP) is 5.07. The molecule has 3 rings (SSSR count). The number of aromatic hydroxyl groups is 2. The molecule has 0 radical (unpaired) electrons. The van der Waals surface area contributed by atoms with Gasteiger partial charge in [-0.2, -0.15) is 0 Å². The lowest BCUT2D eigenvalue weighted by Crippen LogP contribution is -2.32. The van der Waals surface area contributed by atoms with Gasteiger partial charge < -0.3 is 15.1 Å². The van der Waals surface area contributed by atoms with Crippen LogP contribution in [0.15, 0.2) is 29.9 Å². The summed E-state index contributed by atoms with van der Waals surface area (Å²) in [4.78, 5) is 42.2. The van der Waals surface area contributed by atoms with Crippen molar-refractivity contribution in [2.24, 2.45) is 5.92 Å². The number of imide groups is 1. The highest BCUT2D eigenvalue weighted by molar-refractivity contribution is 6.03. The SMILES string of the molecule is C=C(C)[C@@H]1CCC(C)=CC1c1c(O)cc(CCCCC)c(C(=O)ON2C(=O)CCC2=O)c1O. The van der Waals surface area contributed by atoms with Gasteiger partial charge in [-0.05, 0) is 57.1 Å². The smallest absolute Gasteiger partial charge is 0.367 e. The molecule has 178 valence electrons. The molecule has 1 aliphatic carbocycles. The van der Waals surface area contributed by atoms with E-state index in [0.29, 0.717) is 17.0 Å². The molecule has 2 amide bonds. The van der Waals surface area contributed by atoms with Gasteiger partial charge >= 0.3 is 5.97 Å². The molecule has 1 aliphatic heterocycles. The van der Waals surface area contributed by atoms with Crippen molar-refractivity contribution in [2.75, 3.05) is 0 Å². The summed E-state index contributed by atoms with van der Waals surface area (Å²) >= 11 is 0. The van der Waals surface area contributed by atoms with Crippen molar-refractivity contribution in [3.63, 3.8) is 0 Å². The third-order valence-corrected chi connectivity index (χ3v) is 6.55. The Bertz CT molecular complexity index is 993. The largest absolute Gasteiger partial charge is 0.507 e. The van der Waals surface area contributed by atoms with Crippen LogP contribution in [0.1, 0.15) is 93.1 Å². The molecule has 0 bridgehead atoms. The summed E-state index contributed by atoms with van der Waals surface area (Å²) in [6.45, 7) is 10.0. The van der Waals surface area contributed by atoms with E-state index in [2.05, 4.69) is 6.58 Å². The van der Waals surface area contributed by atoms with Gasteiger partial charge in [0, 0.05) is 24.3 Å². The fraction of sp³-hybridized carbons (Fsp3) is 0.500. The van der Waals surface area contributed by atoms with E-state index >= 15 is 0 Å². The zero-order chi connectivity index (χ0) is 24.3. The van der Waals surface area contributed by atoms with Crippen molar-refractivity contribution in [3.05, 3.63) is 46.6 Å². The second kappa shape index (κ2) is 10.2. The molecule has 7 heteroatoms. The van der Waals surface area contributed by atoms with Crippen LogP contribution in [0.5, 0.6) is 11.5 Å². The number of allylic oxidation sites excluding steroid dienone is 3. The van der Waals surface area contributed by atoms with Gasteiger partial charge in [0.25, 0.3) is 11.8 Å². The maximum Gasteiger partial charge on any atom is 0.367 e. The molecule has 0 spiro atoms. The third-order valence-electron chi connectivity index (χ3n) is 6.55. The Balaban J connectivity index is 2.09. The van der Waals surface area contributed by atoms with Gasteiger partial charge in [0.1, 0.15) is 17.1 Å². The number of aryl methyl sites for hydroxylation is 1. The Morgan fingerprint density at radius 2 is 1.85 bits per heavy atom. The van der Waals surface area contributed by atoms with E-state index in [1.807, 2.05) is 26.8 Å². The van der Waals surface area contributed by atoms with Gasteiger partial charge in [-0.1, -0.05) is 43.6 Å². The summed E-state index contributed by atoms with van der Waals surface area (Å²) in [6.07, 6.45) is 6.70.